The highest BCUT2D eigenvalue weighted by Gasteiger charge is 2.44. The number of rotatable bonds is 6. The molecule has 5 N–H and O–H groups in total. The molecular formula is C18H22N4O2. The summed E-state index contributed by atoms with van der Waals surface area (Å²) in [6, 6.07) is 10.8. The lowest BCUT2D eigenvalue weighted by Crippen LogP contribution is -2.37. The summed E-state index contributed by atoms with van der Waals surface area (Å²) in [5, 5.41) is 15.6. The SMILES string of the molecule is NC1([C@H](O)CCc2cccc(NC(=O)Nc3cccnc3)c2)CC1. The smallest absolute Gasteiger partial charge is 0.323 e. The number of benzene rings is 1. The molecule has 0 spiro atoms. The number of nitrogens with two attached hydrogens (primary N) is 1. The van der Waals surface area contributed by atoms with Crippen LogP contribution in [0.4, 0.5) is 16.2 Å². The second-order valence-electron chi connectivity index (χ2n) is 6.31. The number of anilines is 2. The van der Waals surface area contributed by atoms with Crippen LogP contribution >= 0.6 is 0 Å². The number of nitrogens with zero attached hydrogens (tertiary/aromatic N) is 1. The fraction of sp³-hybridized carbons (Fsp3) is 0.333. The predicted octanol–water partition coefficient (Wildman–Crippen LogP) is 2.51. The molecule has 1 aliphatic rings. The van der Waals surface area contributed by atoms with Crippen molar-refractivity contribution in [1.29, 1.82) is 0 Å². The highest BCUT2D eigenvalue weighted by atomic mass is 16.3. The molecule has 0 unspecified atom stereocenters. The molecule has 0 aliphatic heterocycles. The number of aromatic nitrogens is 1. The van der Waals surface area contributed by atoms with Crippen LogP contribution in [0.15, 0.2) is 48.8 Å². The zero-order valence-electron chi connectivity index (χ0n) is 13.4. The van der Waals surface area contributed by atoms with E-state index in [4.69, 9.17) is 5.73 Å². The van der Waals surface area contributed by atoms with Crippen LogP contribution in [0.1, 0.15) is 24.8 Å². The number of hydrogen-bond donors (Lipinski definition) is 4. The number of nitrogens with one attached hydrogen (secondary N) is 2. The normalized spacial score (nSPS) is 16.2. The lowest BCUT2D eigenvalue weighted by Gasteiger charge is -2.17. The fourth-order valence-corrected chi connectivity index (χ4v) is 2.60. The van der Waals surface area contributed by atoms with Gasteiger partial charge in [-0.2, -0.15) is 0 Å². The highest BCUT2D eigenvalue weighted by Crippen LogP contribution is 2.37. The van der Waals surface area contributed by atoms with Crippen molar-refractivity contribution in [3.05, 3.63) is 54.4 Å². The zero-order chi connectivity index (χ0) is 17.0. The van der Waals surface area contributed by atoms with Gasteiger partial charge in [0.25, 0.3) is 0 Å². The van der Waals surface area contributed by atoms with Crippen LogP contribution < -0.4 is 16.4 Å². The summed E-state index contributed by atoms with van der Waals surface area (Å²) >= 11 is 0. The van der Waals surface area contributed by atoms with E-state index < -0.39 is 6.10 Å². The molecule has 2 aromatic rings. The van der Waals surface area contributed by atoms with Crippen molar-refractivity contribution in [3.8, 4) is 0 Å². The molecule has 1 aromatic carbocycles. The molecule has 1 aliphatic carbocycles. The van der Waals surface area contributed by atoms with E-state index in [0.29, 0.717) is 17.8 Å². The van der Waals surface area contributed by atoms with Gasteiger partial charge in [0.15, 0.2) is 0 Å². The van der Waals surface area contributed by atoms with Crippen LogP contribution in [0.5, 0.6) is 0 Å². The van der Waals surface area contributed by atoms with Gasteiger partial charge in [0.05, 0.1) is 18.0 Å². The molecular weight excluding hydrogens is 304 g/mol. The average molecular weight is 326 g/mol. The van der Waals surface area contributed by atoms with Crippen molar-refractivity contribution in [3.63, 3.8) is 0 Å². The molecule has 24 heavy (non-hydrogen) atoms. The second kappa shape index (κ2) is 6.98. The molecule has 1 atom stereocenters. The Morgan fingerprint density at radius 1 is 1.25 bits per heavy atom. The zero-order valence-corrected chi connectivity index (χ0v) is 13.4. The number of pyridine rings is 1. The minimum atomic E-state index is -0.469. The summed E-state index contributed by atoms with van der Waals surface area (Å²) in [4.78, 5) is 15.9. The molecule has 6 nitrogen and oxygen atoms in total. The third kappa shape index (κ3) is 4.31. The summed E-state index contributed by atoms with van der Waals surface area (Å²) < 4.78 is 0. The number of aryl methyl sites for hydroxylation is 1. The number of carbonyl (C=O) groups excluding carboxylic acids is 1. The quantitative estimate of drug-likeness (QED) is 0.655. The third-order valence-corrected chi connectivity index (χ3v) is 4.30. The van der Waals surface area contributed by atoms with Gasteiger partial charge in [-0.15, -0.1) is 0 Å². The van der Waals surface area contributed by atoms with Gasteiger partial charge in [-0.25, -0.2) is 4.79 Å². The summed E-state index contributed by atoms with van der Waals surface area (Å²) in [6.07, 6.45) is 5.89. The van der Waals surface area contributed by atoms with E-state index >= 15 is 0 Å². The Morgan fingerprint density at radius 3 is 2.71 bits per heavy atom. The first-order valence-corrected chi connectivity index (χ1v) is 8.09. The first kappa shape index (κ1) is 16.4. The molecule has 1 saturated carbocycles. The van der Waals surface area contributed by atoms with E-state index in [1.54, 1.807) is 24.5 Å². The topological polar surface area (TPSA) is 100 Å². The Balaban J connectivity index is 1.53. The lowest BCUT2D eigenvalue weighted by atomic mass is 10.0. The minimum Gasteiger partial charge on any atom is -0.391 e. The number of carbonyl (C=O) groups is 1. The van der Waals surface area contributed by atoms with Crippen LogP contribution in [-0.4, -0.2) is 27.8 Å². The van der Waals surface area contributed by atoms with E-state index in [2.05, 4.69) is 15.6 Å². The minimum absolute atomic E-state index is 0.320. The van der Waals surface area contributed by atoms with Crippen molar-refractivity contribution in [2.45, 2.75) is 37.3 Å². The van der Waals surface area contributed by atoms with Crippen molar-refractivity contribution in [2.24, 2.45) is 5.73 Å². The van der Waals surface area contributed by atoms with E-state index in [0.717, 1.165) is 24.8 Å². The fourth-order valence-electron chi connectivity index (χ4n) is 2.60. The van der Waals surface area contributed by atoms with Gasteiger partial charge in [-0.05, 0) is 55.5 Å². The van der Waals surface area contributed by atoms with Crippen molar-refractivity contribution >= 4 is 17.4 Å². The second-order valence-corrected chi connectivity index (χ2v) is 6.31. The van der Waals surface area contributed by atoms with Gasteiger partial charge in [-0.1, -0.05) is 12.1 Å². The summed E-state index contributed by atoms with van der Waals surface area (Å²) in [7, 11) is 0. The number of aliphatic hydroxyl groups excluding tert-OH is 1. The predicted molar refractivity (Wildman–Crippen MR) is 93.8 cm³/mol. The monoisotopic (exact) mass is 326 g/mol. The number of aliphatic hydroxyl groups is 1. The molecule has 1 heterocycles. The average Bonchev–Trinajstić information content (AvgIpc) is 3.33. The maximum absolute atomic E-state index is 12.0. The molecule has 2 amide bonds. The van der Waals surface area contributed by atoms with E-state index in [1.807, 2.05) is 24.3 Å². The summed E-state index contributed by atoms with van der Waals surface area (Å²) in [6.45, 7) is 0. The van der Waals surface area contributed by atoms with Crippen LogP contribution in [0.2, 0.25) is 0 Å². The lowest BCUT2D eigenvalue weighted by molar-refractivity contribution is 0.125. The van der Waals surface area contributed by atoms with Gasteiger partial charge in [-0.3, -0.25) is 4.98 Å². The summed E-state index contributed by atoms with van der Waals surface area (Å²) in [5.74, 6) is 0. The van der Waals surface area contributed by atoms with Crippen LogP contribution in [0, 0.1) is 0 Å². The number of amides is 2. The van der Waals surface area contributed by atoms with Crippen molar-refractivity contribution in [2.75, 3.05) is 10.6 Å². The van der Waals surface area contributed by atoms with Crippen LogP contribution in [0.25, 0.3) is 0 Å². The Morgan fingerprint density at radius 2 is 2.00 bits per heavy atom. The third-order valence-electron chi connectivity index (χ3n) is 4.30. The molecule has 1 aromatic heterocycles. The maximum atomic E-state index is 12.0. The first-order chi connectivity index (χ1) is 11.5. The van der Waals surface area contributed by atoms with Gasteiger partial charge in [0.2, 0.25) is 0 Å². The molecule has 0 bridgehead atoms. The number of hydrogen-bond acceptors (Lipinski definition) is 4. The first-order valence-electron chi connectivity index (χ1n) is 8.09. The molecule has 1 fully saturated rings. The van der Waals surface area contributed by atoms with E-state index in [1.165, 1.54) is 0 Å². The molecule has 6 heteroatoms. The van der Waals surface area contributed by atoms with Gasteiger partial charge in [0, 0.05) is 17.4 Å². The van der Waals surface area contributed by atoms with Gasteiger partial charge < -0.3 is 21.5 Å². The Hall–Kier alpha value is -2.44. The van der Waals surface area contributed by atoms with Crippen LogP contribution in [0.3, 0.4) is 0 Å². The largest absolute Gasteiger partial charge is 0.391 e. The Kier molecular flexibility index (Phi) is 4.78. The molecule has 3 rings (SSSR count). The van der Waals surface area contributed by atoms with Crippen LogP contribution in [-0.2, 0) is 6.42 Å². The maximum Gasteiger partial charge on any atom is 0.323 e. The van der Waals surface area contributed by atoms with Gasteiger partial charge >= 0.3 is 6.03 Å². The standard InChI is InChI=1S/C18H22N4O2/c19-18(8-9-18)16(23)7-6-13-3-1-4-14(11-13)21-17(24)22-15-5-2-10-20-12-15/h1-5,10-12,16,23H,6-9,19H2,(H2,21,22,24)/t16-/m1/s1. The highest BCUT2D eigenvalue weighted by molar-refractivity contribution is 5.99. The molecule has 0 radical (unpaired) electrons. The molecule has 0 saturated heterocycles. The van der Waals surface area contributed by atoms with E-state index in [-0.39, 0.29) is 11.6 Å². The Labute approximate surface area is 141 Å². The van der Waals surface area contributed by atoms with Crippen molar-refractivity contribution < 1.29 is 9.90 Å². The number of urea groups is 1. The Bertz CT molecular complexity index is 701. The van der Waals surface area contributed by atoms with Gasteiger partial charge in [0.1, 0.15) is 0 Å². The summed E-state index contributed by atoms with van der Waals surface area (Å²) in [5.41, 5.74) is 8.02. The van der Waals surface area contributed by atoms with E-state index in [9.17, 15) is 9.90 Å². The van der Waals surface area contributed by atoms with Crippen molar-refractivity contribution in [1.82, 2.24) is 4.98 Å². The molecule has 126 valence electrons.